The maximum atomic E-state index is 12.2. The standard InChI is InChI=1S/C16H12ClN3O3/c17-12-6-3-7-13(18-12)19-14(21)8-9-20-15(22)10-4-1-2-5-11(10)16(20)23/h1-7H,8-9H2,(H,18,19,21). The van der Waals surface area contributed by atoms with Crippen molar-refractivity contribution < 1.29 is 14.4 Å². The van der Waals surface area contributed by atoms with Gasteiger partial charge in [-0.25, -0.2) is 4.98 Å². The monoisotopic (exact) mass is 329 g/mol. The van der Waals surface area contributed by atoms with E-state index in [2.05, 4.69) is 10.3 Å². The van der Waals surface area contributed by atoms with Crippen molar-refractivity contribution >= 4 is 35.1 Å². The van der Waals surface area contributed by atoms with Crippen molar-refractivity contribution in [2.75, 3.05) is 11.9 Å². The van der Waals surface area contributed by atoms with E-state index in [0.29, 0.717) is 16.9 Å². The Bertz CT molecular complexity index is 772. The first-order chi connectivity index (χ1) is 11.1. The van der Waals surface area contributed by atoms with Gasteiger partial charge in [0.25, 0.3) is 11.8 Å². The number of anilines is 1. The molecular formula is C16H12ClN3O3. The van der Waals surface area contributed by atoms with Gasteiger partial charge in [-0.2, -0.15) is 0 Å². The largest absolute Gasteiger partial charge is 0.311 e. The Kier molecular flexibility index (Phi) is 4.08. The zero-order chi connectivity index (χ0) is 16.4. The van der Waals surface area contributed by atoms with Gasteiger partial charge in [0.15, 0.2) is 0 Å². The molecule has 3 amide bonds. The van der Waals surface area contributed by atoms with Crippen LogP contribution in [0.1, 0.15) is 27.1 Å². The average molecular weight is 330 g/mol. The van der Waals surface area contributed by atoms with Crippen molar-refractivity contribution in [1.29, 1.82) is 0 Å². The van der Waals surface area contributed by atoms with Gasteiger partial charge in [-0.05, 0) is 24.3 Å². The van der Waals surface area contributed by atoms with Crippen LogP contribution < -0.4 is 5.32 Å². The van der Waals surface area contributed by atoms with Gasteiger partial charge < -0.3 is 5.32 Å². The Labute approximate surface area is 137 Å². The number of nitrogens with one attached hydrogen (secondary N) is 1. The molecule has 0 atom stereocenters. The number of hydrogen-bond acceptors (Lipinski definition) is 4. The van der Waals surface area contributed by atoms with Gasteiger partial charge in [-0.15, -0.1) is 0 Å². The third-order valence-corrected chi connectivity index (χ3v) is 3.63. The van der Waals surface area contributed by atoms with Crippen LogP contribution in [0.2, 0.25) is 5.15 Å². The third-order valence-electron chi connectivity index (χ3n) is 3.42. The second-order valence-electron chi connectivity index (χ2n) is 4.95. The molecule has 0 saturated heterocycles. The lowest BCUT2D eigenvalue weighted by Gasteiger charge is -2.13. The minimum atomic E-state index is -0.376. The SMILES string of the molecule is O=C(CCN1C(=O)c2ccccc2C1=O)Nc1cccc(Cl)n1. The highest BCUT2D eigenvalue weighted by atomic mass is 35.5. The number of imide groups is 1. The second kappa shape index (κ2) is 6.18. The van der Waals surface area contributed by atoms with Crippen LogP contribution in [0.25, 0.3) is 0 Å². The number of nitrogens with zero attached hydrogens (tertiary/aromatic N) is 2. The molecule has 0 unspecified atom stereocenters. The average Bonchev–Trinajstić information content (AvgIpc) is 2.77. The van der Waals surface area contributed by atoms with Crippen molar-refractivity contribution in [2.45, 2.75) is 6.42 Å². The molecule has 1 aromatic heterocycles. The number of carbonyl (C=O) groups is 3. The molecule has 2 aromatic rings. The Balaban J connectivity index is 1.62. The molecule has 0 spiro atoms. The fourth-order valence-electron chi connectivity index (χ4n) is 2.34. The molecule has 1 aromatic carbocycles. The molecular weight excluding hydrogens is 318 g/mol. The number of halogens is 1. The maximum absolute atomic E-state index is 12.2. The number of rotatable bonds is 4. The summed E-state index contributed by atoms with van der Waals surface area (Å²) in [4.78, 5) is 41.3. The Hall–Kier alpha value is -2.73. The molecule has 3 rings (SSSR count). The molecule has 0 bridgehead atoms. The summed E-state index contributed by atoms with van der Waals surface area (Å²) in [5.41, 5.74) is 0.740. The summed E-state index contributed by atoms with van der Waals surface area (Å²) in [5.74, 6) is -0.778. The van der Waals surface area contributed by atoms with Crippen molar-refractivity contribution in [3.8, 4) is 0 Å². The third kappa shape index (κ3) is 3.07. The zero-order valence-electron chi connectivity index (χ0n) is 12.0. The predicted molar refractivity (Wildman–Crippen MR) is 84.3 cm³/mol. The molecule has 23 heavy (non-hydrogen) atoms. The lowest BCUT2D eigenvalue weighted by Crippen LogP contribution is -2.32. The number of benzene rings is 1. The fraction of sp³-hybridized carbons (Fsp3) is 0.125. The topological polar surface area (TPSA) is 79.4 Å². The lowest BCUT2D eigenvalue weighted by atomic mass is 10.1. The summed E-state index contributed by atoms with van der Waals surface area (Å²) in [6.07, 6.45) is -0.0142. The van der Waals surface area contributed by atoms with Crippen LogP contribution in [0.3, 0.4) is 0 Å². The van der Waals surface area contributed by atoms with Crippen molar-refractivity contribution in [3.05, 3.63) is 58.7 Å². The van der Waals surface area contributed by atoms with Gasteiger partial charge in [-0.3, -0.25) is 19.3 Å². The van der Waals surface area contributed by atoms with Gasteiger partial charge in [0, 0.05) is 13.0 Å². The van der Waals surface area contributed by atoms with Crippen molar-refractivity contribution in [2.24, 2.45) is 0 Å². The number of hydrogen-bond donors (Lipinski definition) is 1. The lowest BCUT2D eigenvalue weighted by molar-refractivity contribution is -0.116. The summed E-state index contributed by atoms with van der Waals surface area (Å²) in [6.45, 7) is 0.0126. The minimum Gasteiger partial charge on any atom is -0.311 e. The van der Waals surface area contributed by atoms with Crippen LogP contribution in [0.15, 0.2) is 42.5 Å². The number of amides is 3. The maximum Gasteiger partial charge on any atom is 0.261 e. The van der Waals surface area contributed by atoms with E-state index in [1.54, 1.807) is 42.5 Å². The molecule has 116 valence electrons. The van der Waals surface area contributed by atoms with Gasteiger partial charge in [-0.1, -0.05) is 29.8 Å². The van der Waals surface area contributed by atoms with E-state index in [1.165, 1.54) is 0 Å². The van der Waals surface area contributed by atoms with Crippen molar-refractivity contribution in [3.63, 3.8) is 0 Å². The first-order valence-corrected chi connectivity index (χ1v) is 7.31. The van der Waals surface area contributed by atoms with Crippen LogP contribution in [-0.4, -0.2) is 34.2 Å². The van der Waals surface area contributed by atoms with Crippen LogP contribution in [0.4, 0.5) is 5.82 Å². The number of pyridine rings is 1. The Morgan fingerprint density at radius 2 is 1.70 bits per heavy atom. The highest BCUT2D eigenvalue weighted by molar-refractivity contribution is 6.29. The van der Waals surface area contributed by atoms with Crippen LogP contribution in [0, 0.1) is 0 Å². The molecule has 1 aliphatic rings. The van der Waals surface area contributed by atoms with E-state index >= 15 is 0 Å². The Morgan fingerprint density at radius 1 is 1.04 bits per heavy atom. The van der Waals surface area contributed by atoms with Gasteiger partial charge in [0.2, 0.25) is 5.91 Å². The summed E-state index contributed by atoms with van der Waals surface area (Å²) in [6, 6.07) is 11.5. The smallest absolute Gasteiger partial charge is 0.261 e. The number of aromatic nitrogens is 1. The normalized spacial score (nSPS) is 13.2. The van der Waals surface area contributed by atoms with E-state index in [9.17, 15) is 14.4 Å². The summed E-state index contributed by atoms with van der Waals surface area (Å²) < 4.78 is 0. The van der Waals surface area contributed by atoms with Gasteiger partial charge in [0.1, 0.15) is 11.0 Å². The minimum absolute atomic E-state index is 0.0126. The summed E-state index contributed by atoms with van der Waals surface area (Å²) >= 11 is 5.74. The molecule has 0 fully saturated rings. The first-order valence-electron chi connectivity index (χ1n) is 6.94. The quantitative estimate of drug-likeness (QED) is 0.690. The molecule has 6 nitrogen and oxygen atoms in total. The number of carbonyl (C=O) groups excluding carboxylic acids is 3. The first kappa shape index (κ1) is 15.2. The van der Waals surface area contributed by atoms with Gasteiger partial charge in [0.05, 0.1) is 11.1 Å². The zero-order valence-corrected chi connectivity index (χ0v) is 12.7. The van der Waals surface area contributed by atoms with E-state index in [0.717, 1.165) is 4.90 Å². The van der Waals surface area contributed by atoms with E-state index in [4.69, 9.17) is 11.6 Å². The summed E-state index contributed by atoms with van der Waals surface area (Å²) in [7, 11) is 0. The summed E-state index contributed by atoms with van der Waals surface area (Å²) in [5, 5.41) is 2.84. The highest BCUT2D eigenvalue weighted by Crippen LogP contribution is 2.22. The Morgan fingerprint density at radius 3 is 2.30 bits per heavy atom. The molecule has 1 N–H and O–H groups in total. The molecule has 2 heterocycles. The molecule has 7 heteroatoms. The molecule has 1 aliphatic heterocycles. The van der Waals surface area contributed by atoms with Crippen LogP contribution >= 0.6 is 11.6 Å². The fourth-order valence-corrected chi connectivity index (χ4v) is 2.50. The van der Waals surface area contributed by atoms with Crippen molar-refractivity contribution in [1.82, 2.24) is 9.88 Å². The van der Waals surface area contributed by atoms with E-state index in [-0.39, 0.29) is 35.8 Å². The highest BCUT2D eigenvalue weighted by Gasteiger charge is 2.34. The van der Waals surface area contributed by atoms with Crippen LogP contribution in [-0.2, 0) is 4.79 Å². The van der Waals surface area contributed by atoms with E-state index in [1.807, 2.05) is 0 Å². The molecule has 0 radical (unpaired) electrons. The molecule has 0 aliphatic carbocycles. The second-order valence-corrected chi connectivity index (χ2v) is 5.34. The predicted octanol–water partition coefficient (Wildman–Crippen LogP) is 2.36. The van der Waals surface area contributed by atoms with Gasteiger partial charge >= 0.3 is 0 Å². The van der Waals surface area contributed by atoms with Crippen LogP contribution in [0.5, 0.6) is 0 Å². The number of fused-ring (bicyclic) bond motifs is 1. The van der Waals surface area contributed by atoms with E-state index < -0.39 is 0 Å². The molecule has 0 saturated carbocycles.